The molecule has 0 heterocycles. The van der Waals surface area contributed by atoms with Crippen LogP contribution in [0.4, 0.5) is 0 Å². The van der Waals surface area contributed by atoms with Crippen LogP contribution in [0.3, 0.4) is 0 Å². The average molecular weight is 422 g/mol. The molecule has 1 aromatic carbocycles. The lowest BCUT2D eigenvalue weighted by atomic mass is 9.93. The summed E-state index contributed by atoms with van der Waals surface area (Å²) in [6.07, 6.45) is 6.98. The first-order valence-electron chi connectivity index (χ1n) is 6.89. The lowest BCUT2D eigenvalue weighted by Crippen LogP contribution is -2.23. The van der Waals surface area contributed by atoms with Gasteiger partial charge in [0, 0.05) is 14.1 Å². The summed E-state index contributed by atoms with van der Waals surface area (Å²) in [4.78, 5) is 0. The molecule has 0 aromatic heterocycles. The molecule has 0 aliphatic heterocycles. The van der Waals surface area contributed by atoms with Gasteiger partial charge < -0.3 is 5.32 Å². The van der Waals surface area contributed by atoms with Crippen molar-refractivity contribution in [3.63, 3.8) is 0 Å². The van der Waals surface area contributed by atoms with Crippen molar-refractivity contribution >= 4 is 38.5 Å². The Morgan fingerprint density at radius 3 is 2.78 bits per heavy atom. The minimum absolute atomic E-state index is 0.502. The summed E-state index contributed by atoms with van der Waals surface area (Å²) in [7, 11) is 0. The molecule has 0 radical (unpaired) electrons. The summed E-state index contributed by atoms with van der Waals surface area (Å²) in [6.45, 7) is 3.23. The second-order valence-corrected chi connectivity index (χ2v) is 7.26. The van der Waals surface area contributed by atoms with Crippen LogP contribution < -0.4 is 5.32 Å². The fourth-order valence-electron chi connectivity index (χ4n) is 2.93. The normalized spacial score (nSPS) is 18.2. The van der Waals surface area contributed by atoms with Gasteiger partial charge in [0.2, 0.25) is 0 Å². The number of halogens is 2. The minimum atomic E-state index is 0.502. The highest BCUT2D eigenvalue weighted by atomic mass is 127. The van der Waals surface area contributed by atoms with Crippen molar-refractivity contribution in [3.05, 3.63) is 31.8 Å². The van der Waals surface area contributed by atoms with Gasteiger partial charge in [-0.25, -0.2) is 0 Å². The first-order valence-corrected chi connectivity index (χ1v) is 8.76. The standard InChI is InChI=1S/C15H21BrIN/c1-2-18-15(9-11-5-3-4-6-11)13-10-12(17)7-8-14(13)16/h7-8,10-11,15,18H,2-6,9H2,1H3. The quantitative estimate of drug-likeness (QED) is 0.637. The number of nitrogens with one attached hydrogen (secondary N) is 1. The van der Waals surface area contributed by atoms with Gasteiger partial charge in [-0.1, -0.05) is 48.5 Å². The molecule has 1 N–H and O–H groups in total. The monoisotopic (exact) mass is 421 g/mol. The Bertz CT molecular complexity index is 388. The molecule has 1 atom stereocenters. The summed E-state index contributed by atoms with van der Waals surface area (Å²) in [5.41, 5.74) is 1.43. The Hall–Kier alpha value is 0.390. The van der Waals surface area contributed by atoms with Crippen LogP contribution in [0.15, 0.2) is 22.7 Å². The van der Waals surface area contributed by atoms with E-state index in [1.165, 1.54) is 45.7 Å². The van der Waals surface area contributed by atoms with E-state index >= 15 is 0 Å². The first-order chi connectivity index (χ1) is 8.70. The van der Waals surface area contributed by atoms with E-state index in [1.54, 1.807) is 0 Å². The average Bonchev–Trinajstić information content (AvgIpc) is 2.85. The number of hydrogen-bond donors (Lipinski definition) is 1. The maximum atomic E-state index is 3.71. The molecule has 1 aliphatic carbocycles. The molecule has 1 aliphatic rings. The highest BCUT2D eigenvalue weighted by molar-refractivity contribution is 14.1. The van der Waals surface area contributed by atoms with Crippen LogP contribution in [-0.2, 0) is 0 Å². The Morgan fingerprint density at radius 1 is 1.39 bits per heavy atom. The van der Waals surface area contributed by atoms with Gasteiger partial charge in [-0.05, 0) is 65.2 Å². The van der Waals surface area contributed by atoms with Crippen molar-refractivity contribution < 1.29 is 0 Å². The third-order valence-corrected chi connectivity index (χ3v) is 5.22. The van der Waals surface area contributed by atoms with Gasteiger partial charge in [0.25, 0.3) is 0 Å². The molecule has 1 unspecified atom stereocenters. The zero-order valence-corrected chi connectivity index (χ0v) is 14.6. The molecule has 18 heavy (non-hydrogen) atoms. The number of rotatable bonds is 5. The fourth-order valence-corrected chi connectivity index (χ4v) is 3.97. The van der Waals surface area contributed by atoms with E-state index in [1.807, 2.05) is 0 Å². The number of hydrogen-bond acceptors (Lipinski definition) is 1. The first kappa shape index (κ1) is 14.8. The molecule has 100 valence electrons. The highest BCUT2D eigenvalue weighted by Crippen LogP contribution is 2.35. The molecule has 3 heteroatoms. The molecule has 0 bridgehead atoms. The van der Waals surface area contributed by atoms with Crippen molar-refractivity contribution in [3.8, 4) is 0 Å². The highest BCUT2D eigenvalue weighted by Gasteiger charge is 2.22. The van der Waals surface area contributed by atoms with Gasteiger partial charge >= 0.3 is 0 Å². The van der Waals surface area contributed by atoms with Crippen molar-refractivity contribution in [2.24, 2.45) is 5.92 Å². The van der Waals surface area contributed by atoms with Gasteiger partial charge in [0.05, 0.1) is 0 Å². The van der Waals surface area contributed by atoms with Crippen molar-refractivity contribution in [2.45, 2.75) is 45.1 Å². The van der Waals surface area contributed by atoms with Crippen LogP contribution in [0.5, 0.6) is 0 Å². The van der Waals surface area contributed by atoms with Crippen LogP contribution in [0, 0.1) is 9.49 Å². The molecular formula is C15H21BrIN. The van der Waals surface area contributed by atoms with E-state index < -0.39 is 0 Å². The van der Waals surface area contributed by atoms with E-state index in [4.69, 9.17) is 0 Å². The molecule has 1 fully saturated rings. The van der Waals surface area contributed by atoms with E-state index in [2.05, 4.69) is 69.0 Å². The third-order valence-electron chi connectivity index (χ3n) is 3.83. The Morgan fingerprint density at radius 2 is 2.11 bits per heavy atom. The maximum Gasteiger partial charge on any atom is 0.0334 e. The predicted molar refractivity (Wildman–Crippen MR) is 89.9 cm³/mol. The van der Waals surface area contributed by atoms with E-state index in [9.17, 15) is 0 Å². The summed E-state index contributed by atoms with van der Waals surface area (Å²) in [5, 5.41) is 3.66. The smallest absolute Gasteiger partial charge is 0.0334 e. The topological polar surface area (TPSA) is 12.0 Å². The number of benzene rings is 1. The van der Waals surface area contributed by atoms with Gasteiger partial charge in [0.1, 0.15) is 0 Å². The maximum absolute atomic E-state index is 3.71. The van der Waals surface area contributed by atoms with Gasteiger partial charge in [-0.15, -0.1) is 0 Å². The van der Waals surface area contributed by atoms with Crippen LogP contribution >= 0.6 is 38.5 Å². The van der Waals surface area contributed by atoms with Crippen LogP contribution in [-0.4, -0.2) is 6.54 Å². The summed E-state index contributed by atoms with van der Waals surface area (Å²) < 4.78 is 2.56. The van der Waals surface area contributed by atoms with E-state index in [-0.39, 0.29) is 0 Å². The molecule has 0 amide bonds. The van der Waals surface area contributed by atoms with Crippen molar-refractivity contribution in [2.75, 3.05) is 6.54 Å². The lowest BCUT2D eigenvalue weighted by molar-refractivity contribution is 0.400. The molecule has 0 saturated heterocycles. The van der Waals surface area contributed by atoms with E-state index in [0.29, 0.717) is 6.04 Å². The molecule has 1 nitrogen and oxygen atoms in total. The molecule has 2 rings (SSSR count). The molecule has 1 aromatic rings. The largest absolute Gasteiger partial charge is 0.310 e. The van der Waals surface area contributed by atoms with Gasteiger partial charge in [-0.2, -0.15) is 0 Å². The van der Waals surface area contributed by atoms with Gasteiger partial charge in [0.15, 0.2) is 0 Å². The predicted octanol–water partition coefficient (Wildman–Crippen LogP) is 5.28. The van der Waals surface area contributed by atoms with Crippen molar-refractivity contribution in [1.29, 1.82) is 0 Å². The minimum Gasteiger partial charge on any atom is -0.310 e. The van der Waals surface area contributed by atoms with Crippen molar-refractivity contribution in [1.82, 2.24) is 5.32 Å². The Balaban J connectivity index is 2.14. The summed E-state index contributed by atoms with van der Waals surface area (Å²) >= 11 is 6.11. The molecular weight excluding hydrogens is 401 g/mol. The lowest BCUT2D eigenvalue weighted by Gasteiger charge is -2.23. The van der Waals surface area contributed by atoms with E-state index in [0.717, 1.165) is 12.5 Å². The fraction of sp³-hybridized carbons (Fsp3) is 0.600. The molecule has 0 spiro atoms. The van der Waals surface area contributed by atoms with Crippen LogP contribution in [0.2, 0.25) is 0 Å². The summed E-state index contributed by atoms with van der Waals surface area (Å²) in [5.74, 6) is 0.916. The second-order valence-electron chi connectivity index (χ2n) is 5.16. The second kappa shape index (κ2) is 7.25. The van der Waals surface area contributed by atoms with Crippen LogP contribution in [0.25, 0.3) is 0 Å². The zero-order valence-electron chi connectivity index (χ0n) is 10.9. The SMILES string of the molecule is CCNC(CC1CCCC1)c1cc(I)ccc1Br. The molecule has 1 saturated carbocycles. The van der Waals surface area contributed by atoms with Crippen LogP contribution in [0.1, 0.15) is 50.6 Å². The Kier molecular flexibility index (Phi) is 5.96. The summed E-state index contributed by atoms with van der Waals surface area (Å²) in [6, 6.07) is 7.15. The van der Waals surface area contributed by atoms with Gasteiger partial charge in [-0.3, -0.25) is 0 Å². The zero-order chi connectivity index (χ0) is 13.0. The Labute approximate surface area is 132 Å². The third kappa shape index (κ3) is 3.94.